The van der Waals surface area contributed by atoms with Gasteiger partial charge in [-0.3, -0.25) is 19.5 Å². The molecule has 2 saturated heterocycles. The normalized spacial score (nSPS) is 21.6. The van der Waals surface area contributed by atoms with Crippen LogP contribution in [0.5, 0.6) is 5.75 Å². The molecule has 10 heteroatoms. The second-order valence-electron chi connectivity index (χ2n) is 17.0. The molecule has 296 valence electrons. The number of carbonyl (C=O) groups is 2. The molecule has 1 aromatic heterocycles. The highest BCUT2D eigenvalue weighted by Crippen LogP contribution is 2.51. The number of hydrogen-bond donors (Lipinski definition) is 2. The van der Waals surface area contributed by atoms with E-state index in [4.69, 9.17) is 14.1 Å². The first-order valence-corrected chi connectivity index (χ1v) is 22.3. The Labute approximate surface area is 338 Å². The number of phenols is 1. The van der Waals surface area contributed by atoms with E-state index >= 15 is 0 Å². The number of amides is 2. The molecule has 1 aliphatic carbocycles. The molecule has 0 saturated carbocycles. The molecule has 8 nitrogen and oxygen atoms in total. The van der Waals surface area contributed by atoms with Crippen molar-refractivity contribution in [3.63, 3.8) is 0 Å². The number of hydrogen-bond acceptors (Lipinski definition) is 7. The number of benzene rings is 3. The Kier molecular flexibility index (Phi) is 11.9. The molecule has 4 atom stereocenters. The summed E-state index contributed by atoms with van der Waals surface area (Å²) in [5, 5.41) is 23.9. The molecule has 4 aromatic rings. The third kappa shape index (κ3) is 7.85. The van der Waals surface area contributed by atoms with E-state index in [1.54, 1.807) is 6.20 Å². The SMILES string of the molecule is CCCN1C(=O)[C@@H]2[C@@H](CC(CO[Si](c3ccccc3)(c3ccccc3)C(C)(C)C)=C3[C@@H](CC/C(=C/c4cc(C)c(O)c(C)c4)c4ccccn4)OB(O)C[C@@H]32)C1=O. The fraction of sp³-hybridized carbons (Fsp3) is 0.383. The van der Waals surface area contributed by atoms with Crippen LogP contribution in [0.4, 0.5) is 0 Å². The molecular weight excluding hydrogens is 727 g/mol. The average molecular weight is 783 g/mol. The van der Waals surface area contributed by atoms with Gasteiger partial charge in [-0.1, -0.05) is 94.4 Å². The molecule has 2 aliphatic heterocycles. The van der Waals surface area contributed by atoms with Gasteiger partial charge in [-0.2, -0.15) is 0 Å². The van der Waals surface area contributed by atoms with E-state index in [1.165, 1.54) is 4.90 Å². The molecule has 0 spiro atoms. The predicted molar refractivity (Wildman–Crippen MR) is 229 cm³/mol. The van der Waals surface area contributed by atoms with Crippen molar-refractivity contribution >= 4 is 49.3 Å². The van der Waals surface area contributed by atoms with Crippen molar-refractivity contribution in [2.24, 2.45) is 17.8 Å². The largest absolute Gasteiger partial charge is 0.507 e. The topological polar surface area (TPSA) is 109 Å². The lowest BCUT2D eigenvalue weighted by atomic mass is 9.58. The van der Waals surface area contributed by atoms with E-state index in [-0.39, 0.29) is 41.4 Å². The minimum atomic E-state index is -2.97. The number of phenolic OH excluding ortho intramolecular Hbond substituents is 1. The number of allylic oxidation sites excluding steroid dienone is 1. The Hall–Kier alpha value is -4.61. The number of pyridine rings is 1. The molecule has 3 aromatic carbocycles. The summed E-state index contributed by atoms with van der Waals surface area (Å²) in [4.78, 5) is 34.4. The van der Waals surface area contributed by atoms with E-state index in [2.05, 4.69) is 75.4 Å². The van der Waals surface area contributed by atoms with Crippen LogP contribution in [0.1, 0.15) is 75.8 Å². The second kappa shape index (κ2) is 16.7. The van der Waals surface area contributed by atoms with Crippen molar-refractivity contribution in [2.75, 3.05) is 13.2 Å². The fourth-order valence-corrected chi connectivity index (χ4v) is 14.3. The van der Waals surface area contributed by atoms with Gasteiger partial charge in [0.25, 0.3) is 8.32 Å². The first kappa shape index (κ1) is 40.6. The second-order valence-corrected chi connectivity index (χ2v) is 21.3. The summed E-state index contributed by atoms with van der Waals surface area (Å²) >= 11 is 0. The van der Waals surface area contributed by atoms with Crippen LogP contribution < -0.4 is 10.4 Å². The maximum Gasteiger partial charge on any atom is 0.455 e. The van der Waals surface area contributed by atoms with Gasteiger partial charge in [-0.15, -0.1) is 0 Å². The van der Waals surface area contributed by atoms with Crippen LogP contribution in [0.25, 0.3) is 11.6 Å². The molecule has 57 heavy (non-hydrogen) atoms. The lowest BCUT2D eigenvalue weighted by Gasteiger charge is -2.46. The fourth-order valence-electron chi connectivity index (χ4n) is 9.75. The van der Waals surface area contributed by atoms with Crippen LogP contribution in [0, 0.1) is 31.6 Å². The third-order valence-electron chi connectivity index (χ3n) is 12.3. The van der Waals surface area contributed by atoms with Crippen molar-refractivity contribution in [3.8, 4) is 5.75 Å². The summed E-state index contributed by atoms with van der Waals surface area (Å²) in [5.41, 5.74) is 6.35. The molecule has 7 rings (SSSR count). The van der Waals surface area contributed by atoms with Crippen LogP contribution in [-0.4, -0.2) is 66.5 Å². The number of likely N-dealkylation sites (tertiary alicyclic amines) is 1. The van der Waals surface area contributed by atoms with E-state index in [0.717, 1.165) is 49.5 Å². The van der Waals surface area contributed by atoms with Gasteiger partial charge in [0.05, 0.1) is 30.2 Å². The number of aromatic nitrogens is 1. The highest BCUT2D eigenvalue weighted by molar-refractivity contribution is 6.99. The van der Waals surface area contributed by atoms with Gasteiger partial charge >= 0.3 is 7.12 Å². The smallest absolute Gasteiger partial charge is 0.455 e. The zero-order valence-electron chi connectivity index (χ0n) is 34.1. The van der Waals surface area contributed by atoms with Crippen LogP contribution in [-0.2, 0) is 18.7 Å². The Morgan fingerprint density at radius 1 is 0.947 bits per heavy atom. The van der Waals surface area contributed by atoms with E-state index in [9.17, 15) is 19.7 Å². The summed E-state index contributed by atoms with van der Waals surface area (Å²) < 4.78 is 14.0. The van der Waals surface area contributed by atoms with Crippen molar-refractivity contribution in [3.05, 3.63) is 131 Å². The van der Waals surface area contributed by atoms with Crippen molar-refractivity contribution < 1.29 is 28.8 Å². The average Bonchev–Trinajstić information content (AvgIpc) is 3.43. The molecule has 3 aliphatic rings. The van der Waals surface area contributed by atoms with Gasteiger partial charge in [-0.05, 0) is 131 Å². The first-order chi connectivity index (χ1) is 27.3. The maximum atomic E-state index is 14.2. The van der Waals surface area contributed by atoms with Crippen LogP contribution in [0.3, 0.4) is 0 Å². The molecular formula is C47H55BN2O6Si. The summed E-state index contributed by atoms with van der Waals surface area (Å²) in [6, 6.07) is 30.8. The van der Waals surface area contributed by atoms with Gasteiger partial charge in [-0.25, -0.2) is 0 Å². The standard InChI is InChI=1S/C47H55BN2O6Si/c1-7-24-50-45(52)38-28-35(30-55-57(47(4,5)6,36-16-10-8-11-17-36)37-18-12-9-13-19-37)42-39(43(38)46(50)53)29-48(54)56-41(42)22-21-34(40-20-14-15-23-49-40)27-33-25-31(2)44(51)32(3)26-33/h8-20,23,25-27,38-39,41,43,51,54H,7,21-22,24,28-30H2,1-6H3/b34-27-/t38-,39+,41-,43-/m1/s1. The number of nitrogens with zero attached hydrogens (tertiary/aromatic N) is 2. The summed E-state index contributed by atoms with van der Waals surface area (Å²) in [6.45, 7) is 13.2. The van der Waals surface area contributed by atoms with Gasteiger partial charge in [0.2, 0.25) is 11.8 Å². The summed E-state index contributed by atoms with van der Waals surface area (Å²) in [7, 11) is -4.06. The van der Waals surface area contributed by atoms with Gasteiger partial charge in [0, 0.05) is 12.7 Å². The minimum Gasteiger partial charge on any atom is -0.507 e. The lowest BCUT2D eigenvalue weighted by Crippen LogP contribution is -2.66. The molecule has 2 fully saturated rings. The van der Waals surface area contributed by atoms with E-state index < -0.39 is 33.4 Å². The Morgan fingerprint density at radius 2 is 1.58 bits per heavy atom. The molecule has 0 radical (unpaired) electrons. The zero-order valence-corrected chi connectivity index (χ0v) is 35.1. The highest BCUT2D eigenvalue weighted by atomic mass is 28.4. The van der Waals surface area contributed by atoms with Crippen molar-refractivity contribution in [2.45, 2.75) is 84.7 Å². The molecule has 0 unspecified atom stereocenters. The summed E-state index contributed by atoms with van der Waals surface area (Å²) in [5.74, 6) is -1.39. The number of carbonyl (C=O) groups excluding carboxylic acids is 2. The van der Waals surface area contributed by atoms with Crippen LogP contribution >= 0.6 is 0 Å². The van der Waals surface area contributed by atoms with Gasteiger partial charge in [0.1, 0.15) is 5.75 Å². The number of aryl methyl sites for hydroxylation is 2. The lowest BCUT2D eigenvalue weighted by molar-refractivity contribution is -0.140. The first-order valence-electron chi connectivity index (χ1n) is 20.4. The van der Waals surface area contributed by atoms with Gasteiger partial charge in [0.15, 0.2) is 0 Å². The number of fused-ring (bicyclic) bond motifs is 3. The Bertz CT molecular complexity index is 2090. The monoisotopic (exact) mass is 782 g/mol. The quantitative estimate of drug-likeness (QED) is 0.0871. The zero-order chi connectivity index (χ0) is 40.5. The Balaban J connectivity index is 1.32. The maximum absolute atomic E-state index is 14.2. The molecule has 3 heterocycles. The van der Waals surface area contributed by atoms with Crippen LogP contribution in [0.15, 0.2) is 108 Å². The molecule has 0 bridgehead atoms. The number of aromatic hydroxyl groups is 1. The predicted octanol–water partition coefficient (Wildman–Crippen LogP) is 7.51. The van der Waals surface area contributed by atoms with Crippen molar-refractivity contribution in [1.29, 1.82) is 0 Å². The highest BCUT2D eigenvalue weighted by Gasteiger charge is 2.58. The van der Waals surface area contributed by atoms with E-state index in [1.807, 2.05) is 63.2 Å². The van der Waals surface area contributed by atoms with Crippen LogP contribution in [0.2, 0.25) is 11.4 Å². The summed E-state index contributed by atoms with van der Waals surface area (Å²) in [6.07, 6.45) is 5.78. The van der Waals surface area contributed by atoms with Gasteiger partial charge < -0.3 is 19.2 Å². The van der Waals surface area contributed by atoms with Crippen molar-refractivity contribution in [1.82, 2.24) is 9.88 Å². The number of imide groups is 1. The number of rotatable bonds is 12. The van der Waals surface area contributed by atoms with E-state index in [0.29, 0.717) is 32.2 Å². The molecule has 2 N–H and O–H groups in total. The minimum absolute atomic E-state index is 0.119. The third-order valence-corrected chi connectivity index (χ3v) is 17.2. The molecule has 2 amide bonds. The Morgan fingerprint density at radius 3 is 2.16 bits per heavy atom.